The van der Waals surface area contributed by atoms with Crippen LogP contribution in [0.3, 0.4) is 0 Å². The van der Waals surface area contributed by atoms with Gasteiger partial charge in [0.25, 0.3) is 0 Å². The van der Waals surface area contributed by atoms with Crippen LogP contribution in [0.25, 0.3) is 0 Å². The molecule has 0 saturated carbocycles. The molecule has 0 aliphatic carbocycles. The van der Waals surface area contributed by atoms with Gasteiger partial charge in [0, 0.05) is 34.5 Å². The van der Waals surface area contributed by atoms with Crippen molar-refractivity contribution in [2.45, 2.75) is 30.5 Å². The van der Waals surface area contributed by atoms with Gasteiger partial charge in [0.15, 0.2) is 0 Å². The van der Waals surface area contributed by atoms with Crippen LogP contribution >= 0.6 is 11.8 Å². The summed E-state index contributed by atoms with van der Waals surface area (Å²) in [4.78, 5) is 5.82. The highest BCUT2D eigenvalue weighted by molar-refractivity contribution is 7.98. The molecule has 0 aliphatic rings. The Labute approximate surface area is 131 Å². The third kappa shape index (κ3) is 4.48. The normalized spacial score (nSPS) is 12.2. The second-order valence-corrected chi connectivity index (χ2v) is 6.06. The highest BCUT2D eigenvalue weighted by Crippen LogP contribution is 2.26. The maximum atomic E-state index is 5.30. The topological polar surface area (TPSA) is 34.1 Å². The lowest BCUT2D eigenvalue weighted by Crippen LogP contribution is -2.11. The number of hydrogen-bond acceptors (Lipinski definition) is 4. The fourth-order valence-corrected chi connectivity index (χ4v) is 2.95. The van der Waals surface area contributed by atoms with Crippen molar-refractivity contribution in [1.82, 2.24) is 10.3 Å². The van der Waals surface area contributed by atoms with Crippen LogP contribution in [0.15, 0.2) is 41.3 Å². The molecule has 0 spiro atoms. The molecular formula is C17H22N2OS. The molecule has 1 aromatic carbocycles. The maximum absolute atomic E-state index is 5.30. The van der Waals surface area contributed by atoms with E-state index in [1.165, 1.54) is 10.5 Å². The standard InChI is InChI=1S/C17H22N2OS/c1-12-8-16(20-4)10-15(19-12)11-21-17-7-5-6-14(9-17)13(2)18-3/h5-10,13,18H,11H2,1-4H3. The molecule has 0 amide bonds. The van der Waals surface area contributed by atoms with E-state index in [1.54, 1.807) is 18.9 Å². The Morgan fingerprint density at radius 1 is 1.29 bits per heavy atom. The molecule has 0 saturated heterocycles. The van der Waals surface area contributed by atoms with Gasteiger partial charge < -0.3 is 10.1 Å². The molecule has 3 nitrogen and oxygen atoms in total. The van der Waals surface area contributed by atoms with Gasteiger partial charge in [-0.2, -0.15) is 0 Å². The first-order valence-electron chi connectivity index (χ1n) is 7.04. The third-order valence-electron chi connectivity index (χ3n) is 3.39. The number of aromatic nitrogens is 1. The van der Waals surface area contributed by atoms with Gasteiger partial charge in [-0.3, -0.25) is 4.98 Å². The van der Waals surface area contributed by atoms with Gasteiger partial charge in [-0.05, 0) is 38.6 Å². The number of rotatable bonds is 6. The van der Waals surface area contributed by atoms with Gasteiger partial charge in [0.05, 0.1) is 12.8 Å². The fraction of sp³-hybridized carbons (Fsp3) is 0.353. The van der Waals surface area contributed by atoms with Crippen molar-refractivity contribution in [2.24, 2.45) is 0 Å². The van der Waals surface area contributed by atoms with Gasteiger partial charge in [0.2, 0.25) is 0 Å². The molecule has 1 unspecified atom stereocenters. The zero-order valence-electron chi connectivity index (χ0n) is 13.0. The van der Waals surface area contributed by atoms with Crippen LogP contribution in [0.2, 0.25) is 0 Å². The first-order chi connectivity index (χ1) is 10.1. The lowest BCUT2D eigenvalue weighted by molar-refractivity contribution is 0.413. The van der Waals surface area contributed by atoms with Crippen molar-refractivity contribution < 1.29 is 4.74 Å². The van der Waals surface area contributed by atoms with Gasteiger partial charge in [-0.15, -0.1) is 11.8 Å². The number of aryl methyl sites for hydroxylation is 1. The van der Waals surface area contributed by atoms with Crippen LogP contribution in [0.1, 0.15) is 29.9 Å². The molecule has 0 fully saturated rings. The molecular weight excluding hydrogens is 280 g/mol. The molecule has 2 aromatic rings. The number of benzene rings is 1. The summed E-state index contributed by atoms with van der Waals surface area (Å²) >= 11 is 1.80. The van der Waals surface area contributed by atoms with E-state index in [-0.39, 0.29) is 0 Å². The lowest BCUT2D eigenvalue weighted by atomic mass is 10.1. The third-order valence-corrected chi connectivity index (χ3v) is 4.42. The highest BCUT2D eigenvalue weighted by Gasteiger charge is 2.05. The predicted octanol–water partition coefficient (Wildman–Crippen LogP) is 3.97. The zero-order valence-corrected chi connectivity index (χ0v) is 13.8. The summed E-state index contributed by atoms with van der Waals surface area (Å²) in [5.74, 6) is 1.71. The van der Waals surface area contributed by atoms with Crippen LogP contribution in [0.5, 0.6) is 5.75 Å². The van der Waals surface area contributed by atoms with E-state index >= 15 is 0 Å². The van der Waals surface area contributed by atoms with E-state index in [1.807, 2.05) is 26.1 Å². The number of ether oxygens (including phenoxy) is 1. The smallest absolute Gasteiger partial charge is 0.122 e. The van der Waals surface area contributed by atoms with E-state index in [4.69, 9.17) is 4.74 Å². The summed E-state index contributed by atoms with van der Waals surface area (Å²) in [5.41, 5.74) is 3.34. The Balaban J connectivity index is 2.07. The number of thioether (sulfide) groups is 1. The van der Waals surface area contributed by atoms with Gasteiger partial charge in [0.1, 0.15) is 5.75 Å². The maximum Gasteiger partial charge on any atom is 0.122 e. The SMILES string of the molecule is CNC(C)c1cccc(SCc2cc(OC)cc(C)n2)c1. The molecule has 1 aromatic heterocycles. The fourth-order valence-electron chi connectivity index (χ4n) is 2.09. The molecule has 112 valence electrons. The molecule has 0 bridgehead atoms. The molecule has 1 N–H and O–H groups in total. The largest absolute Gasteiger partial charge is 0.497 e. The molecule has 1 heterocycles. The number of pyridine rings is 1. The summed E-state index contributed by atoms with van der Waals surface area (Å²) in [5, 5.41) is 3.27. The van der Waals surface area contributed by atoms with Crippen LogP contribution in [0.4, 0.5) is 0 Å². The molecule has 2 rings (SSSR count). The Bertz CT molecular complexity index is 601. The quantitative estimate of drug-likeness (QED) is 0.819. The van der Waals surface area contributed by atoms with Gasteiger partial charge in [-0.25, -0.2) is 0 Å². The Kier molecular flexibility index (Phi) is 5.65. The van der Waals surface area contributed by atoms with Crippen LogP contribution in [0, 0.1) is 6.92 Å². The van der Waals surface area contributed by atoms with Crippen LogP contribution in [-0.2, 0) is 5.75 Å². The van der Waals surface area contributed by atoms with Gasteiger partial charge >= 0.3 is 0 Å². The lowest BCUT2D eigenvalue weighted by Gasteiger charge is -2.12. The van der Waals surface area contributed by atoms with Gasteiger partial charge in [-0.1, -0.05) is 12.1 Å². The van der Waals surface area contributed by atoms with Crippen molar-refractivity contribution >= 4 is 11.8 Å². The van der Waals surface area contributed by atoms with Crippen molar-refractivity contribution in [2.75, 3.05) is 14.2 Å². The first kappa shape index (κ1) is 15.9. The molecule has 4 heteroatoms. The van der Waals surface area contributed by atoms with Crippen LogP contribution < -0.4 is 10.1 Å². The summed E-state index contributed by atoms with van der Waals surface area (Å²) in [6.45, 7) is 4.16. The van der Waals surface area contributed by atoms with E-state index in [0.29, 0.717) is 6.04 Å². The van der Waals surface area contributed by atoms with Crippen molar-refractivity contribution in [1.29, 1.82) is 0 Å². The minimum absolute atomic E-state index is 0.364. The second-order valence-electron chi connectivity index (χ2n) is 5.01. The van der Waals surface area contributed by atoms with E-state index in [2.05, 4.69) is 41.5 Å². The molecule has 0 radical (unpaired) electrons. The summed E-state index contributed by atoms with van der Waals surface area (Å²) in [6.07, 6.45) is 0. The average molecular weight is 302 g/mol. The van der Waals surface area contributed by atoms with E-state index < -0.39 is 0 Å². The minimum atomic E-state index is 0.364. The number of methoxy groups -OCH3 is 1. The Hall–Kier alpha value is -1.52. The predicted molar refractivity (Wildman–Crippen MR) is 89.0 cm³/mol. The minimum Gasteiger partial charge on any atom is -0.497 e. The first-order valence-corrected chi connectivity index (χ1v) is 8.02. The van der Waals surface area contributed by atoms with E-state index in [0.717, 1.165) is 22.9 Å². The van der Waals surface area contributed by atoms with Crippen molar-refractivity contribution in [3.63, 3.8) is 0 Å². The van der Waals surface area contributed by atoms with E-state index in [9.17, 15) is 0 Å². The second kappa shape index (κ2) is 7.48. The monoisotopic (exact) mass is 302 g/mol. The average Bonchev–Trinajstić information content (AvgIpc) is 2.51. The Morgan fingerprint density at radius 3 is 2.81 bits per heavy atom. The molecule has 0 aliphatic heterocycles. The number of hydrogen-bond donors (Lipinski definition) is 1. The van der Waals surface area contributed by atoms with Crippen LogP contribution in [-0.4, -0.2) is 19.1 Å². The zero-order chi connectivity index (χ0) is 15.2. The number of nitrogens with one attached hydrogen (secondary N) is 1. The Morgan fingerprint density at radius 2 is 2.10 bits per heavy atom. The molecule has 21 heavy (non-hydrogen) atoms. The van der Waals surface area contributed by atoms with Crippen molar-refractivity contribution in [3.8, 4) is 5.75 Å². The summed E-state index contributed by atoms with van der Waals surface area (Å²) in [6, 6.07) is 12.9. The van der Waals surface area contributed by atoms with Crippen molar-refractivity contribution in [3.05, 3.63) is 53.3 Å². The highest BCUT2D eigenvalue weighted by atomic mass is 32.2. The summed E-state index contributed by atoms with van der Waals surface area (Å²) in [7, 11) is 3.67. The molecule has 1 atom stereocenters. The number of nitrogens with zero attached hydrogens (tertiary/aromatic N) is 1. The summed E-state index contributed by atoms with van der Waals surface area (Å²) < 4.78 is 5.30.